The molecule has 0 radical (unpaired) electrons. The molecule has 2 nitrogen and oxygen atoms in total. The van der Waals surface area contributed by atoms with Gasteiger partial charge in [0.2, 0.25) is 0 Å². The van der Waals surface area contributed by atoms with Gasteiger partial charge in [0.25, 0.3) is 0 Å². The summed E-state index contributed by atoms with van der Waals surface area (Å²) in [6.45, 7) is 5.79. The minimum absolute atomic E-state index is 0.644. The van der Waals surface area contributed by atoms with Crippen molar-refractivity contribution in [3.63, 3.8) is 0 Å². The zero-order valence-electron chi connectivity index (χ0n) is 11.1. The maximum Gasteiger partial charge on any atom is 0.156 e. The van der Waals surface area contributed by atoms with Gasteiger partial charge in [-0.2, -0.15) is 0 Å². The zero-order chi connectivity index (χ0) is 13.4. The Morgan fingerprint density at radius 3 is 2.67 bits per heavy atom. The summed E-state index contributed by atoms with van der Waals surface area (Å²) in [5, 5.41) is 4.11. The van der Waals surface area contributed by atoms with Crippen molar-refractivity contribution in [2.24, 2.45) is 0 Å². The summed E-state index contributed by atoms with van der Waals surface area (Å²) in [5.74, 6) is 0.845. The first-order valence-electron chi connectivity index (χ1n) is 6.54. The summed E-state index contributed by atoms with van der Waals surface area (Å²) in [5.41, 5.74) is 0.965. The van der Waals surface area contributed by atoms with Crippen LogP contribution in [-0.4, -0.2) is 13.2 Å². The number of rotatable bonds is 8. The van der Waals surface area contributed by atoms with Gasteiger partial charge >= 0.3 is 0 Å². The fourth-order valence-electron chi connectivity index (χ4n) is 1.76. The van der Waals surface area contributed by atoms with Gasteiger partial charge in [-0.3, -0.25) is 0 Å². The molecule has 0 aliphatic rings. The standard InChI is InChI=1S/C14H21BrClNO/c1-3-5-6-7-8-17-13-10-11(16)9-12(15)14(13)18-4-2/h9-10,17H,3-8H2,1-2H3. The molecule has 0 aliphatic carbocycles. The highest BCUT2D eigenvalue weighted by Crippen LogP contribution is 2.36. The number of anilines is 1. The highest BCUT2D eigenvalue weighted by Gasteiger charge is 2.09. The van der Waals surface area contributed by atoms with Gasteiger partial charge in [-0.05, 0) is 41.4 Å². The molecule has 0 aliphatic heterocycles. The Bertz CT molecular complexity index is 371. The summed E-state index contributed by atoms with van der Waals surface area (Å²) >= 11 is 9.54. The van der Waals surface area contributed by atoms with Gasteiger partial charge in [-0.1, -0.05) is 37.8 Å². The second-order valence-corrected chi connectivity index (χ2v) is 5.48. The van der Waals surface area contributed by atoms with Crippen LogP contribution in [0.4, 0.5) is 5.69 Å². The van der Waals surface area contributed by atoms with Crippen LogP contribution in [-0.2, 0) is 0 Å². The van der Waals surface area contributed by atoms with Crippen molar-refractivity contribution in [3.8, 4) is 5.75 Å². The highest BCUT2D eigenvalue weighted by atomic mass is 79.9. The van der Waals surface area contributed by atoms with Gasteiger partial charge in [-0.25, -0.2) is 0 Å². The second-order valence-electron chi connectivity index (χ2n) is 4.18. The lowest BCUT2D eigenvalue weighted by Gasteiger charge is -2.14. The third-order valence-corrected chi connectivity index (χ3v) is 3.45. The number of nitrogens with one attached hydrogen (secondary N) is 1. The third-order valence-electron chi connectivity index (χ3n) is 2.64. The Morgan fingerprint density at radius 1 is 1.22 bits per heavy atom. The first kappa shape index (κ1) is 15.6. The van der Waals surface area contributed by atoms with Crippen LogP contribution in [0, 0.1) is 0 Å². The lowest BCUT2D eigenvalue weighted by Crippen LogP contribution is -2.05. The molecule has 0 aromatic heterocycles. The maximum atomic E-state index is 6.06. The van der Waals surface area contributed by atoms with E-state index in [4.69, 9.17) is 16.3 Å². The van der Waals surface area contributed by atoms with E-state index in [1.165, 1.54) is 25.7 Å². The number of ether oxygens (including phenoxy) is 1. The van der Waals surface area contributed by atoms with Crippen molar-refractivity contribution < 1.29 is 4.74 Å². The fraction of sp³-hybridized carbons (Fsp3) is 0.571. The SMILES string of the molecule is CCCCCCNc1cc(Cl)cc(Br)c1OCC. The zero-order valence-corrected chi connectivity index (χ0v) is 13.4. The lowest BCUT2D eigenvalue weighted by atomic mass is 10.2. The molecule has 0 spiro atoms. The molecule has 1 N–H and O–H groups in total. The van der Waals surface area contributed by atoms with E-state index >= 15 is 0 Å². The Morgan fingerprint density at radius 2 is 2.00 bits per heavy atom. The lowest BCUT2D eigenvalue weighted by molar-refractivity contribution is 0.339. The predicted molar refractivity (Wildman–Crippen MR) is 83.0 cm³/mol. The van der Waals surface area contributed by atoms with Crippen LogP contribution < -0.4 is 10.1 Å². The summed E-state index contributed by atoms with van der Waals surface area (Å²) in [4.78, 5) is 0. The van der Waals surface area contributed by atoms with E-state index in [2.05, 4.69) is 28.2 Å². The Kier molecular flexibility index (Phi) is 7.52. The summed E-state index contributed by atoms with van der Waals surface area (Å²) in [6.07, 6.45) is 4.98. The van der Waals surface area contributed by atoms with Crippen LogP contribution in [0.15, 0.2) is 16.6 Å². The fourth-order valence-corrected chi connectivity index (χ4v) is 2.68. The van der Waals surface area contributed by atoms with Crippen molar-refractivity contribution in [2.45, 2.75) is 39.5 Å². The van der Waals surface area contributed by atoms with E-state index in [0.29, 0.717) is 11.6 Å². The van der Waals surface area contributed by atoms with E-state index in [-0.39, 0.29) is 0 Å². The highest BCUT2D eigenvalue weighted by molar-refractivity contribution is 9.10. The molecule has 102 valence electrons. The average Bonchev–Trinajstić information content (AvgIpc) is 2.33. The van der Waals surface area contributed by atoms with Crippen molar-refractivity contribution in [3.05, 3.63) is 21.6 Å². The normalized spacial score (nSPS) is 10.4. The molecule has 18 heavy (non-hydrogen) atoms. The smallest absolute Gasteiger partial charge is 0.156 e. The van der Waals surface area contributed by atoms with Gasteiger partial charge in [-0.15, -0.1) is 0 Å². The van der Waals surface area contributed by atoms with Crippen LogP contribution in [0.1, 0.15) is 39.5 Å². The van der Waals surface area contributed by atoms with Gasteiger partial charge in [0, 0.05) is 11.6 Å². The predicted octanol–water partition coefficient (Wildman–Crippen LogP) is 5.49. The molecule has 0 heterocycles. The van der Waals surface area contributed by atoms with Crippen LogP contribution in [0.3, 0.4) is 0 Å². The van der Waals surface area contributed by atoms with Gasteiger partial charge in [0.05, 0.1) is 16.8 Å². The molecular formula is C14H21BrClNO. The number of unbranched alkanes of at least 4 members (excludes halogenated alkanes) is 3. The van der Waals surface area contributed by atoms with E-state index in [0.717, 1.165) is 22.5 Å². The topological polar surface area (TPSA) is 21.3 Å². The molecule has 1 aromatic rings. The van der Waals surface area contributed by atoms with Crippen molar-refractivity contribution in [1.82, 2.24) is 0 Å². The number of hydrogen-bond acceptors (Lipinski definition) is 2. The molecule has 0 bridgehead atoms. The summed E-state index contributed by atoms with van der Waals surface area (Å²) in [7, 11) is 0. The number of halogens is 2. The molecule has 1 rings (SSSR count). The van der Waals surface area contributed by atoms with Gasteiger partial charge < -0.3 is 10.1 Å². The minimum Gasteiger partial charge on any atom is -0.491 e. The van der Waals surface area contributed by atoms with Crippen molar-refractivity contribution in [2.75, 3.05) is 18.5 Å². The largest absolute Gasteiger partial charge is 0.491 e. The Hall–Kier alpha value is -0.410. The van der Waals surface area contributed by atoms with E-state index in [9.17, 15) is 0 Å². The quantitative estimate of drug-likeness (QED) is 0.634. The molecule has 0 unspecified atom stereocenters. The molecule has 0 atom stereocenters. The summed E-state index contributed by atoms with van der Waals surface area (Å²) in [6, 6.07) is 3.77. The Balaban J connectivity index is 2.62. The van der Waals surface area contributed by atoms with Crippen LogP contribution in [0.2, 0.25) is 5.02 Å². The van der Waals surface area contributed by atoms with E-state index in [1.807, 2.05) is 19.1 Å². The van der Waals surface area contributed by atoms with Crippen LogP contribution >= 0.6 is 27.5 Å². The van der Waals surface area contributed by atoms with Crippen molar-refractivity contribution in [1.29, 1.82) is 0 Å². The molecule has 0 amide bonds. The maximum absolute atomic E-state index is 6.06. The minimum atomic E-state index is 0.644. The van der Waals surface area contributed by atoms with Gasteiger partial charge in [0.15, 0.2) is 5.75 Å². The van der Waals surface area contributed by atoms with Crippen LogP contribution in [0.5, 0.6) is 5.75 Å². The third kappa shape index (κ3) is 5.07. The number of benzene rings is 1. The Labute approximate surface area is 123 Å². The van der Waals surface area contributed by atoms with Crippen molar-refractivity contribution >= 4 is 33.2 Å². The number of hydrogen-bond donors (Lipinski definition) is 1. The molecule has 0 saturated heterocycles. The first-order chi connectivity index (χ1) is 8.69. The molecular weight excluding hydrogens is 314 g/mol. The average molecular weight is 335 g/mol. The molecule has 0 fully saturated rings. The van der Waals surface area contributed by atoms with E-state index in [1.54, 1.807) is 0 Å². The second kappa shape index (κ2) is 8.65. The monoisotopic (exact) mass is 333 g/mol. The molecule has 4 heteroatoms. The first-order valence-corrected chi connectivity index (χ1v) is 7.71. The van der Waals surface area contributed by atoms with E-state index < -0.39 is 0 Å². The molecule has 1 aromatic carbocycles. The van der Waals surface area contributed by atoms with Gasteiger partial charge in [0.1, 0.15) is 0 Å². The summed E-state index contributed by atoms with van der Waals surface area (Å²) < 4.78 is 6.53. The molecule has 0 saturated carbocycles. The van der Waals surface area contributed by atoms with Crippen LogP contribution in [0.25, 0.3) is 0 Å².